The second-order valence-electron chi connectivity index (χ2n) is 7.10. The lowest BCUT2D eigenvalue weighted by molar-refractivity contribution is -0.137. The minimum absolute atomic E-state index is 0.270. The predicted octanol–water partition coefficient (Wildman–Crippen LogP) is 4.86. The van der Waals surface area contributed by atoms with E-state index >= 15 is 0 Å². The summed E-state index contributed by atoms with van der Waals surface area (Å²) in [5.74, 6) is -0.426. The number of benzene rings is 3. The number of likely N-dealkylation sites (N-methyl/N-ethyl adjacent to an activating group) is 1. The highest BCUT2D eigenvalue weighted by Gasteiger charge is 2.16. The summed E-state index contributed by atoms with van der Waals surface area (Å²) in [5, 5.41) is 0. The van der Waals surface area contributed by atoms with Crippen molar-refractivity contribution >= 4 is 33.6 Å². The van der Waals surface area contributed by atoms with E-state index < -0.39 is 15.8 Å². The highest BCUT2D eigenvalue weighted by atomic mass is 32.2. The van der Waals surface area contributed by atoms with Gasteiger partial charge in [-0.25, -0.2) is 13.2 Å². The Labute approximate surface area is 189 Å². The van der Waals surface area contributed by atoms with Crippen molar-refractivity contribution < 1.29 is 17.9 Å². The Bertz CT molecular complexity index is 1180. The molecule has 3 rings (SSSR count). The molecule has 3 aromatic rings. The molecule has 6 heteroatoms. The van der Waals surface area contributed by atoms with E-state index in [4.69, 9.17) is 4.74 Å². The first-order valence-corrected chi connectivity index (χ1v) is 11.6. The van der Waals surface area contributed by atoms with Gasteiger partial charge in [-0.05, 0) is 47.5 Å². The van der Waals surface area contributed by atoms with Gasteiger partial charge >= 0.3 is 5.97 Å². The number of carbonyl (C=O) groups is 1. The third-order valence-electron chi connectivity index (χ3n) is 4.88. The fourth-order valence-electron chi connectivity index (χ4n) is 3.00. The molecule has 3 aromatic carbocycles. The Balaban J connectivity index is 1.61. The third kappa shape index (κ3) is 5.95. The molecule has 0 radical (unpaired) electrons. The van der Waals surface area contributed by atoms with Gasteiger partial charge in [-0.3, -0.25) is 0 Å². The van der Waals surface area contributed by atoms with Crippen molar-refractivity contribution in [1.82, 2.24) is 0 Å². The predicted molar refractivity (Wildman–Crippen MR) is 128 cm³/mol. The van der Waals surface area contributed by atoms with E-state index in [2.05, 4.69) is 6.58 Å². The van der Waals surface area contributed by atoms with Gasteiger partial charge in [0.1, 0.15) is 6.61 Å². The standard InChI is InChI=1S/C26H25NO4S/c1-3-26(28)31-20-19-27(2)23-15-11-21(12-16-23)9-10-22-13-17-25(18-14-22)32(29,30)24-7-5-4-6-8-24/h3-18H,1,19-20H2,2H3/b10-9+. The van der Waals surface area contributed by atoms with Gasteiger partial charge in [0.2, 0.25) is 9.84 Å². The van der Waals surface area contributed by atoms with Gasteiger partial charge in [0.15, 0.2) is 0 Å². The average Bonchev–Trinajstić information content (AvgIpc) is 2.83. The molecule has 0 aliphatic rings. The lowest BCUT2D eigenvalue weighted by Gasteiger charge is -2.19. The monoisotopic (exact) mass is 447 g/mol. The summed E-state index contributed by atoms with van der Waals surface area (Å²) in [6.45, 7) is 4.24. The van der Waals surface area contributed by atoms with E-state index in [9.17, 15) is 13.2 Å². The van der Waals surface area contributed by atoms with Gasteiger partial charge in [0, 0.05) is 18.8 Å². The first-order valence-electron chi connectivity index (χ1n) is 10.1. The minimum atomic E-state index is -3.51. The fraction of sp³-hybridized carbons (Fsp3) is 0.115. The average molecular weight is 448 g/mol. The first-order chi connectivity index (χ1) is 15.4. The van der Waals surface area contributed by atoms with Crippen LogP contribution in [-0.2, 0) is 19.4 Å². The van der Waals surface area contributed by atoms with Crippen LogP contribution in [0.1, 0.15) is 11.1 Å². The summed E-state index contributed by atoms with van der Waals surface area (Å²) in [7, 11) is -1.58. The highest BCUT2D eigenvalue weighted by molar-refractivity contribution is 7.91. The fourth-order valence-corrected chi connectivity index (χ4v) is 4.28. The van der Waals surface area contributed by atoms with Crippen LogP contribution in [-0.4, -0.2) is 34.6 Å². The van der Waals surface area contributed by atoms with Crippen LogP contribution >= 0.6 is 0 Å². The molecular weight excluding hydrogens is 422 g/mol. The van der Waals surface area contributed by atoms with E-state index in [0.29, 0.717) is 13.2 Å². The first kappa shape index (κ1) is 23.0. The van der Waals surface area contributed by atoms with E-state index in [1.807, 2.05) is 48.4 Å². The van der Waals surface area contributed by atoms with Crippen molar-refractivity contribution in [3.05, 3.63) is 103 Å². The molecule has 164 valence electrons. The smallest absolute Gasteiger partial charge is 0.330 e. The summed E-state index contributed by atoms with van der Waals surface area (Å²) >= 11 is 0. The Morgan fingerprint density at radius 1 is 0.875 bits per heavy atom. The maximum atomic E-state index is 12.7. The van der Waals surface area contributed by atoms with Crippen molar-refractivity contribution in [3.63, 3.8) is 0 Å². The zero-order chi connectivity index (χ0) is 23.0. The SMILES string of the molecule is C=CC(=O)OCCN(C)c1ccc(/C=C/c2ccc(S(=O)(=O)c3ccccc3)cc2)cc1. The van der Waals surface area contributed by atoms with Crippen LogP contribution in [0.15, 0.2) is 101 Å². The molecule has 0 N–H and O–H groups in total. The molecule has 0 spiro atoms. The lowest BCUT2D eigenvalue weighted by Crippen LogP contribution is -2.23. The second kappa shape index (κ2) is 10.6. The molecule has 0 aromatic heterocycles. The van der Waals surface area contributed by atoms with Crippen LogP contribution in [0, 0.1) is 0 Å². The number of hydrogen-bond donors (Lipinski definition) is 0. The number of carbonyl (C=O) groups excluding carboxylic acids is 1. The molecule has 0 fully saturated rings. The van der Waals surface area contributed by atoms with E-state index in [-0.39, 0.29) is 9.79 Å². The number of hydrogen-bond acceptors (Lipinski definition) is 5. The maximum Gasteiger partial charge on any atom is 0.330 e. The Morgan fingerprint density at radius 2 is 1.41 bits per heavy atom. The van der Waals surface area contributed by atoms with Gasteiger partial charge in [0.25, 0.3) is 0 Å². The summed E-state index contributed by atoms with van der Waals surface area (Å²) < 4.78 is 30.4. The molecule has 0 atom stereocenters. The van der Waals surface area contributed by atoms with Crippen LogP contribution in [0.2, 0.25) is 0 Å². The molecule has 5 nitrogen and oxygen atoms in total. The second-order valence-corrected chi connectivity index (χ2v) is 9.05. The van der Waals surface area contributed by atoms with Gasteiger partial charge in [-0.15, -0.1) is 0 Å². The van der Waals surface area contributed by atoms with Gasteiger partial charge in [-0.1, -0.05) is 61.2 Å². The molecule has 0 unspecified atom stereocenters. The van der Waals surface area contributed by atoms with Crippen molar-refractivity contribution in [2.24, 2.45) is 0 Å². The molecule has 0 saturated carbocycles. The van der Waals surface area contributed by atoms with E-state index in [1.165, 1.54) is 0 Å². The van der Waals surface area contributed by atoms with Crippen LogP contribution in [0.3, 0.4) is 0 Å². The molecular formula is C26H25NO4S. The van der Waals surface area contributed by atoms with Crippen LogP contribution in [0.4, 0.5) is 5.69 Å². The maximum absolute atomic E-state index is 12.7. The van der Waals surface area contributed by atoms with E-state index in [0.717, 1.165) is 22.9 Å². The van der Waals surface area contributed by atoms with Gasteiger partial charge in [0.05, 0.1) is 16.3 Å². The van der Waals surface area contributed by atoms with Crippen LogP contribution in [0.5, 0.6) is 0 Å². The molecule has 0 amide bonds. The zero-order valence-electron chi connectivity index (χ0n) is 17.8. The summed E-state index contributed by atoms with van der Waals surface area (Å²) in [4.78, 5) is 13.7. The number of esters is 1. The van der Waals surface area contributed by atoms with Crippen molar-refractivity contribution in [1.29, 1.82) is 0 Å². The lowest BCUT2D eigenvalue weighted by atomic mass is 10.1. The van der Waals surface area contributed by atoms with Gasteiger partial charge < -0.3 is 9.64 Å². The number of anilines is 1. The van der Waals surface area contributed by atoms with Crippen molar-refractivity contribution in [3.8, 4) is 0 Å². The molecule has 0 saturated heterocycles. The van der Waals surface area contributed by atoms with Crippen molar-refractivity contribution in [2.45, 2.75) is 9.79 Å². The number of sulfone groups is 1. The topological polar surface area (TPSA) is 63.7 Å². The molecule has 0 bridgehead atoms. The summed E-state index contributed by atoms with van der Waals surface area (Å²) in [6, 6.07) is 23.2. The van der Waals surface area contributed by atoms with Gasteiger partial charge in [-0.2, -0.15) is 0 Å². The summed E-state index contributed by atoms with van der Waals surface area (Å²) in [6.07, 6.45) is 5.06. The molecule has 0 heterocycles. The zero-order valence-corrected chi connectivity index (χ0v) is 18.7. The number of ether oxygens (including phenoxy) is 1. The molecule has 32 heavy (non-hydrogen) atoms. The van der Waals surface area contributed by atoms with Crippen molar-refractivity contribution in [2.75, 3.05) is 25.1 Å². The van der Waals surface area contributed by atoms with E-state index in [1.54, 1.807) is 54.6 Å². The third-order valence-corrected chi connectivity index (χ3v) is 6.67. The Kier molecular flexibility index (Phi) is 7.63. The Hall–Kier alpha value is -3.64. The summed E-state index contributed by atoms with van der Waals surface area (Å²) in [5.41, 5.74) is 2.93. The molecule has 0 aliphatic heterocycles. The largest absolute Gasteiger partial charge is 0.461 e. The Morgan fingerprint density at radius 3 is 1.97 bits per heavy atom. The quantitative estimate of drug-likeness (QED) is 0.266. The number of rotatable bonds is 9. The molecule has 0 aliphatic carbocycles. The van der Waals surface area contributed by atoms with Crippen LogP contribution in [0.25, 0.3) is 12.2 Å². The highest BCUT2D eigenvalue weighted by Crippen LogP contribution is 2.21. The number of nitrogens with zero attached hydrogens (tertiary/aromatic N) is 1. The normalized spacial score (nSPS) is 11.3. The minimum Gasteiger partial charge on any atom is -0.461 e. The van der Waals surface area contributed by atoms with Crippen LogP contribution < -0.4 is 4.90 Å².